The lowest BCUT2D eigenvalue weighted by Crippen LogP contribution is -2.24. The van der Waals surface area contributed by atoms with Gasteiger partial charge in [-0.3, -0.25) is 0 Å². The molecule has 1 aliphatic rings. The molecule has 0 aliphatic carbocycles. The van der Waals surface area contributed by atoms with Crippen molar-refractivity contribution in [3.63, 3.8) is 0 Å². The quantitative estimate of drug-likeness (QED) is 0.338. The van der Waals surface area contributed by atoms with Gasteiger partial charge in [-0.15, -0.1) is 11.8 Å². The fourth-order valence-electron chi connectivity index (χ4n) is 4.74. The average molecular weight is 488 g/mol. The summed E-state index contributed by atoms with van der Waals surface area (Å²) in [7, 11) is 0. The Hall–Kier alpha value is -3.97. The molecule has 174 valence electrons. The monoisotopic (exact) mass is 487 g/mol. The van der Waals surface area contributed by atoms with Crippen molar-refractivity contribution in [2.24, 2.45) is 0 Å². The molecule has 5 aromatic rings. The molecule has 0 amide bonds. The molecule has 1 fully saturated rings. The minimum absolute atomic E-state index is 0.299. The largest absolute Gasteiger partial charge is 0.349 e. The molecule has 3 aromatic heterocycles. The second-order valence-electron chi connectivity index (χ2n) is 8.40. The van der Waals surface area contributed by atoms with Crippen molar-refractivity contribution in [3.05, 3.63) is 71.6 Å². The number of anilines is 1. The van der Waals surface area contributed by atoms with E-state index in [0.29, 0.717) is 46.9 Å². The van der Waals surface area contributed by atoms with Crippen molar-refractivity contribution in [1.29, 1.82) is 5.26 Å². The van der Waals surface area contributed by atoms with Crippen LogP contribution in [0.1, 0.15) is 30.0 Å². The number of hydrogen-bond donors (Lipinski definition) is 1. The summed E-state index contributed by atoms with van der Waals surface area (Å²) in [6.07, 6.45) is 6.98. The molecule has 0 unspecified atom stereocenters. The predicted molar refractivity (Wildman–Crippen MR) is 130 cm³/mol. The van der Waals surface area contributed by atoms with E-state index in [1.807, 2.05) is 23.3 Å². The fourth-order valence-corrected chi connectivity index (χ4v) is 5.30. The lowest BCUT2D eigenvalue weighted by atomic mass is 10.0. The van der Waals surface area contributed by atoms with E-state index in [2.05, 4.69) is 16.2 Å². The van der Waals surface area contributed by atoms with Gasteiger partial charge in [0.1, 0.15) is 29.3 Å². The molecular formula is C25H19F2N7S. The number of aromatic nitrogens is 5. The SMILES string of the molecule is CSc1cc2nc(-c3cnn4ccc(N5CCC[C@@H]5c5cc(F)ccc5F)nc34)[nH]c2cc1C#N. The molecule has 0 radical (unpaired) electrons. The molecular weight excluding hydrogens is 468 g/mol. The summed E-state index contributed by atoms with van der Waals surface area (Å²) in [4.78, 5) is 15.7. The third kappa shape index (κ3) is 3.59. The number of halogens is 2. The van der Waals surface area contributed by atoms with Gasteiger partial charge in [-0.1, -0.05) is 0 Å². The summed E-state index contributed by atoms with van der Waals surface area (Å²) in [5.74, 6) is 0.385. The van der Waals surface area contributed by atoms with Gasteiger partial charge in [0.25, 0.3) is 0 Å². The lowest BCUT2D eigenvalue weighted by Gasteiger charge is -2.26. The lowest BCUT2D eigenvalue weighted by molar-refractivity contribution is 0.560. The van der Waals surface area contributed by atoms with E-state index in [4.69, 9.17) is 9.97 Å². The normalized spacial score (nSPS) is 15.8. The first-order valence-electron chi connectivity index (χ1n) is 11.1. The zero-order valence-electron chi connectivity index (χ0n) is 18.7. The first-order valence-corrected chi connectivity index (χ1v) is 12.3. The number of nitrogens with zero attached hydrogens (tertiary/aromatic N) is 6. The number of rotatable bonds is 4. The van der Waals surface area contributed by atoms with Crippen LogP contribution in [0, 0.1) is 23.0 Å². The van der Waals surface area contributed by atoms with Crippen LogP contribution in [-0.4, -0.2) is 37.4 Å². The van der Waals surface area contributed by atoms with Crippen LogP contribution < -0.4 is 4.90 Å². The topological polar surface area (TPSA) is 85.9 Å². The smallest absolute Gasteiger partial charge is 0.168 e. The number of H-pyrrole nitrogens is 1. The summed E-state index contributed by atoms with van der Waals surface area (Å²) >= 11 is 1.50. The van der Waals surface area contributed by atoms with E-state index in [1.54, 1.807) is 23.0 Å². The maximum Gasteiger partial charge on any atom is 0.168 e. The number of nitrogens with one attached hydrogen (secondary N) is 1. The summed E-state index contributed by atoms with van der Waals surface area (Å²) < 4.78 is 30.1. The first kappa shape index (κ1) is 21.6. The second-order valence-corrected chi connectivity index (χ2v) is 9.24. The van der Waals surface area contributed by atoms with Crippen molar-refractivity contribution in [2.75, 3.05) is 17.7 Å². The Balaban J connectivity index is 1.42. The Kier molecular flexibility index (Phi) is 5.15. The highest BCUT2D eigenvalue weighted by atomic mass is 32.2. The van der Waals surface area contributed by atoms with Gasteiger partial charge in [0.2, 0.25) is 0 Å². The van der Waals surface area contributed by atoms with Gasteiger partial charge in [0, 0.05) is 23.2 Å². The molecule has 10 heteroatoms. The van der Waals surface area contributed by atoms with Gasteiger partial charge < -0.3 is 9.88 Å². The standard InChI is InChI=1S/C25H19F2N7S/c1-35-22-11-20-19(9-14(22)12-28)30-24(31-20)17-13-29-34-8-6-23(32-25(17)34)33-7-2-3-21(33)16-10-15(26)4-5-18(16)27/h4-6,8-11,13,21H,2-3,7H2,1H3,(H,30,31)/t21-/m1/s1. The molecule has 7 nitrogen and oxygen atoms in total. The van der Waals surface area contributed by atoms with Gasteiger partial charge in [-0.05, 0) is 55.5 Å². The maximum absolute atomic E-state index is 14.5. The number of aromatic amines is 1. The molecule has 0 spiro atoms. The van der Waals surface area contributed by atoms with Crippen molar-refractivity contribution in [3.8, 4) is 17.5 Å². The number of nitriles is 1. The van der Waals surface area contributed by atoms with Gasteiger partial charge in [-0.25, -0.2) is 23.3 Å². The van der Waals surface area contributed by atoms with Crippen LogP contribution >= 0.6 is 11.8 Å². The van der Waals surface area contributed by atoms with Gasteiger partial charge in [0.05, 0.1) is 34.4 Å². The molecule has 6 rings (SSSR count). The van der Waals surface area contributed by atoms with Crippen LogP contribution in [0.5, 0.6) is 0 Å². The average Bonchev–Trinajstić information content (AvgIpc) is 3.61. The van der Waals surface area contributed by atoms with E-state index < -0.39 is 11.6 Å². The van der Waals surface area contributed by atoms with Crippen LogP contribution in [0.3, 0.4) is 0 Å². The molecule has 2 aromatic carbocycles. The van der Waals surface area contributed by atoms with Crippen LogP contribution in [0.15, 0.2) is 53.7 Å². The molecule has 1 aliphatic heterocycles. The Morgan fingerprint density at radius 3 is 2.89 bits per heavy atom. The highest BCUT2D eigenvalue weighted by molar-refractivity contribution is 7.98. The molecule has 1 saturated heterocycles. The molecule has 4 heterocycles. The Morgan fingerprint density at radius 2 is 2.06 bits per heavy atom. The van der Waals surface area contributed by atoms with Gasteiger partial charge in [-0.2, -0.15) is 10.4 Å². The summed E-state index contributed by atoms with van der Waals surface area (Å²) in [5, 5.41) is 13.9. The number of fused-ring (bicyclic) bond motifs is 2. The number of hydrogen-bond acceptors (Lipinski definition) is 6. The van der Waals surface area contributed by atoms with Crippen LogP contribution in [-0.2, 0) is 0 Å². The minimum Gasteiger partial charge on any atom is -0.349 e. The van der Waals surface area contributed by atoms with E-state index in [0.717, 1.165) is 28.4 Å². The van der Waals surface area contributed by atoms with Crippen molar-refractivity contribution >= 4 is 34.3 Å². The van der Waals surface area contributed by atoms with Crippen LogP contribution in [0.25, 0.3) is 28.1 Å². The second kappa shape index (κ2) is 8.36. The Bertz CT molecular complexity index is 1630. The predicted octanol–water partition coefficient (Wildman–Crippen LogP) is 5.49. The Morgan fingerprint density at radius 1 is 1.17 bits per heavy atom. The van der Waals surface area contributed by atoms with Crippen molar-refractivity contribution in [2.45, 2.75) is 23.8 Å². The highest BCUT2D eigenvalue weighted by Crippen LogP contribution is 2.37. The fraction of sp³-hybridized carbons (Fsp3) is 0.200. The summed E-state index contributed by atoms with van der Waals surface area (Å²) in [5.41, 5.74) is 3.74. The summed E-state index contributed by atoms with van der Waals surface area (Å²) in [6.45, 7) is 0.687. The highest BCUT2D eigenvalue weighted by Gasteiger charge is 2.30. The van der Waals surface area contributed by atoms with Crippen LogP contribution in [0.4, 0.5) is 14.6 Å². The number of imidazole rings is 1. The maximum atomic E-state index is 14.5. The minimum atomic E-state index is -0.455. The van der Waals surface area contributed by atoms with E-state index in [-0.39, 0.29) is 6.04 Å². The van der Waals surface area contributed by atoms with Crippen molar-refractivity contribution < 1.29 is 8.78 Å². The van der Waals surface area contributed by atoms with Crippen molar-refractivity contribution in [1.82, 2.24) is 24.6 Å². The van der Waals surface area contributed by atoms with Gasteiger partial charge in [0.15, 0.2) is 5.65 Å². The number of benzene rings is 2. The molecule has 35 heavy (non-hydrogen) atoms. The Labute approximate surface area is 203 Å². The number of thioether (sulfide) groups is 1. The molecule has 0 bridgehead atoms. The third-order valence-electron chi connectivity index (χ3n) is 6.40. The third-order valence-corrected chi connectivity index (χ3v) is 7.17. The van der Waals surface area contributed by atoms with Gasteiger partial charge >= 0.3 is 0 Å². The summed E-state index contributed by atoms with van der Waals surface area (Å²) in [6, 6.07) is 11.0. The molecule has 1 N–H and O–H groups in total. The first-order chi connectivity index (χ1) is 17.1. The zero-order valence-corrected chi connectivity index (χ0v) is 19.5. The zero-order chi connectivity index (χ0) is 24.1. The van der Waals surface area contributed by atoms with E-state index in [9.17, 15) is 14.0 Å². The van der Waals surface area contributed by atoms with E-state index >= 15 is 0 Å². The van der Waals surface area contributed by atoms with E-state index in [1.165, 1.54) is 23.9 Å². The molecule has 1 atom stereocenters. The molecule has 0 saturated carbocycles. The van der Waals surface area contributed by atoms with Crippen LogP contribution in [0.2, 0.25) is 0 Å².